The van der Waals surface area contributed by atoms with Gasteiger partial charge in [-0.3, -0.25) is 4.79 Å². The number of amides is 1. The van der Waals surface area contributed by atoms with Crippen molar-refractivity contribution in [2.45, 2.75) is 26.3 Å². The Bertz CT molecular complexity index is 871. The van der Waals surface area contributed by atoms with Crippen LogP contribution >= 0.6 is 0 Å². The number of carbonyl (C=O) groups excluding carboxylic acids is 1. The zero-order valence-electron chi connectivity index (χ0n) is 13.9. The number of benzene rings is 1. The van der Waals surface area contributed by atoms with Gasteiger partial charge in [0.25, 0.3) is 5.91 Å². The smallest absolute Gasteiger partial charge is 0.273 e. The van der Waals surface area contributed by atoms with Crippen LogP contribution in [0.3, 0.4) is 0 Å². The Labute approximate surface area is 139 Å². The van der Waals surface area contributed by atoms with E-state index in [0.717, 1.165) is 16.5 Å². The molecule has 1 N–H and O–H groups in total. The highest BCUT2D eigenvalue weighted by molar-refractivity contribution is 5.92. The van der Waals surface area contributed by atoms with Gasteiger partial charge in [0.15, 0.2) is 5.69 Å². The summed E-state index contributed by atoms with van der Waals surface area (Å²) in [7, 11) is 1.57. The van der Waals surface area contributed by atoms with Crippen LogP contribution in [0, 0.1) is 0 Å². The van der Waals surface area contributed by atoms with Crippen molar-refractivity contribution in [3.05, 3.63) is 53.4 Å². The molecule has 0 aliphatic carbocycles. The highest BCUT2D eigenvalue weighted by atomic mass is 16.5. The third-order valence-corrected chi connectivity index (χ3v) is 3.76. The number of ether oxygens (including phenoxy) is 1. The second kappa shape index (κ2) is 6.70. The molecule has 0 radical (unpaired) electrons. The lowest BCUT2D eigenvalue weighted by Gasteiger charge is -2.09. The highest BCUT2D eigenvalue weighted by Crippen LogP contribution is 2.22. The Hall–Kier alpha value is -2.89. The molecule has 3 aromatic rings. The summed E-state index contributed by atoms with van der Waals surface area (Å²) in [6, 6.07) is 11.2. The molecule has 0 fully saturated rings. The standard InChI is InChI=1S/C18H19N3O3/c1-11(2)16-9-15(21-24-16)18(22)19-10-12-8-17(23-3)20-14-7-5-4-6-13(12)14/h4-9,11H,10H2,1-3H3,(H,19,22). The summed E-state index contributed by atoms with van der Waals surface area (Å²) in [6.45, 7) is 4.32. The van der Waals surface area contributed by atoms with Gasteiger partial charge in [-0.2, -0.15) is 0 Å². The summed E-state index contributed by atoms with van der Waals surface area (Å²) in [5.41, 5.74) is 2.03. The van der Waals surface area contributed by atoms with E-state index in [1.54, 1.807) is 13.2 Å². The Morgan fingerprint density at radius 1 is 1.29 bits per heavy atom. The number of pyridine rings is 1. The van der Waals surface area contributed by atoms with E-state index in [0.29, 0.717) is 18.2 Å². The third kappa shape index (κ3) is 3.22. The molecule has 6 heteroatoms. The Balaban J connectivity index is 1.80. The van der Waals surface area contributed by atoms with Crippen LogP contribution in [0.5, 0.6) is 5.88 Å². The van der Waals surface area contributed by atoms with E-state index < -0.39 is 0 Å². The van der Waals surface area contributed by atoms with Gasteiger partial charge in [-0.15, -0.1) is 0 Å². The molecule has 3 rings (SSSR count). The number of hydrogen-bond donors (Lipinski definition) is 1. The number of fused-ring (bicyclic) bond motifs is 1. The lowest BCUT2D eigenvalue weighted by atomic mass is 10.1. The molecule has 2 heterocycles. The van der Waals surface area contributed by atoms with Crippen LogP contribution < -0.4 is 10.1 Å². The monoisotopic (exact) mass is 325 g/mol. The van der Waals surface area contributed by atoms with Gasteiger partial charge in [0.1, 0.15) is 5.76 Å². The average molecular weight is 325 g/mol. The van der Waals surface area contributed by atoms with E-state index in [-0.39, 0.29) is 17.5 Å². The van der Waals surface area contributed by atoms with Crippen LogP contribution in [-0.2, 0) is 6.54 Å². The quantitative estimate of drug-likeness (QED) is 0.779. The van der Waals surface area contributed by atoms with Gasteiger partial charge in [-0.1, -0.05) is 37.2 Å². The van der Waals surface area contributed by atoms with Gasteiger partial charge in [0.2, 0.25) is 5.88 Å². The first-order valence-corrected chi connectivity index (χ1v) is 7.76. The molecular weight excluding hydrogens is 306 g/mol. The van der Waals surface area contributed by atoms with Crippen molar-refractivity contribution in [3.8, 4) is 5.88 Å². The maximum atomic E-state index is 12.3. The summed E-state index contributed by atoms with van der Waals surface area (Å²) in [4.78, 5) is 16.7. The maximum Gasteiger partial charge on any atom is 0.273 e. The molecular formula is C18H19N3O3. The topological polar surface area (TPSA) is 77.2 Å². The lowest BCUT2D eigenvalue weighted by molar-refractivity contribution is 0.0942. The van der Waals surface area contributed by atoms with Crippen molar-refractivity contribution in [1.82, 2.24) is 15.5 Å². The van der Waals surface area contributed by atoms with E-state index >= 15 is 0 Å². The lowest BCUT2D eigenvalue weighted by Crippen LogP contribution is -2.23. The fourth-order valence-electron chi connectivity index (χ4n) is 2.41. The van der Waals surface area contributed by atoms with Gasteiger partial charge in [-0.05, 0) is 11.6 Å². The molecule has 2 aromatic heterocycles. The Morgan fingerprint density at radius 2 is 2.08 bits per heavy atom. The molecule has 0 spiro atoms. The fourth-order valence-corrected chi connectivity index (χ4v) is 2.41. The third-order valence-electron chi connectivity index (χ3n) is 3.76. The molecule has 0 saturated carbocycles. The fraction of sp³-hybridized carbons (Fsp3) is 0.278. The zero-order chi connectivity index (χ0) is 17.1. The first-order chi connectivity index (χ1) is 11.6. The van der Waals surface area contributed by atoms with Crippen LogP contribution in [0.4, 0.5) is 0 Å². The number of methoxy groups -OCH3 is 1. The van der Waals surface area contributed by atoms with E-state index in [4.69, 9.17) is 9.26 Å². The van der Waals surface area contributed by atoms with Crippen molar-refractivity contribution < 1.29 is 14.1 Å². The Morgan fingerprint density at radius 3 is 2.79 bits per heavy atom. The highest BCUT2D eigenvalue weighted by Gasteiger charge is 2.15. The minimum Gasteiger partial charge on any atom is -0.481 e. The van der Waals surface area contributed by atoms with Gasteiger partial charge in [-0.25, -0.2) is 4.98 Å². The number of nitrogens with zero attached hydrogens (tertiary/aromatic N) is 2. The summed E-state index contributed by atoms with van der Waals surface area (Å²) in [6.07, 6.45) is 0. The van der Waals surface area contributed by atoms with Gasteiger partial charge < -0.3 is 14.6 Å². The van der Waals surface area contributed by atoms with Crippen molar-refractivity contribution in [1.29, 1.82) is 0 Å². The van der Waals surface area contributed by atoms with E-state index in [1.807, 2.05) is 44.2 Å². The van der Waals surface area contributed by atoms with Gasteiger partial charge in [0.05, 0.1) is 12.6 Å². The van der Waals surface area contributed by atoms with Crippen LogP contribution in [0.2, 0.25) is 0 Å². The molecule has 6 nitrogen and oxygen atoms in total. The average Bonchev–Trinajstić information content (AvgIpc) is 3.09. The van der Waals surface area contributed by atoms with Gasteiger partial charge in [0, 0.05) is 30.0 Å². The number of nitrogens with one attached hydrogen (secondary N) is 1. The predicted octanol–water partition coefficient (Wildman–Crippen LogP) is 3.28. The van der Waals surface area contributed by atoms with E-state index in [9.17, 15) is 4.79 Å². The first-order valence-electron chi connectivity index (χ1n) is 7.76. The second-order valence-corrected chi connectivity index (χ2v) is 5.79. The first kappa shape index (κ1) is 16.0. The second-order valence-electron chi connectivity index (χ2n) is 5.79. The molecule has 1 aromatic carbocycles. The number of carbonyl (C=O) groups is 1. The zero-order valence-corrected chi connectivity index (χ0v) is 13.9. The SMILES string of the molecule is COc1cc(CNC(=O)c2cc(C(C)C)on2)c2ccccc2n1. The van der Waals surface area contributed by atoms with Crippen LogP contribution in [-0.4, -0.2) is 23.2 Å². The van der Waals surface area contributed by atoms with Crippen molar-refractivity contribution in [2.75, 3.05) is 7.11 Å². The summed E-state index contributed by atoms with van der Waals surface area (Å²) in [5.74, 6) is 1.12. The number of aromatic nitrogens is 2. The van der Waals surface area contributed by atoms with Crippen molar-refractivity contribution in [3.63, 3.8) is 0 Å². The summed E-state index contributed by atoms with van der Waals surface area (Å²) >= 11 is 0. The summed E-state index contributed by atoms with van der Waals surface area (Å²) < 4.78 is 10.4. The molecule has 0 aliphatic heterocycles. The van der Waals surface area contributed by atoms with Crippen LogP contribution in [0.25, 0.3) is 10.9 Å². The molecule has 1 amide bonds. The minimum absolute atomic E-state index is 0.187. The molecule has 0 aliphatic rings. The molecule has 0 saturated heterocycles. The Kier molecular flexibility index (Phi) is 4.46. The minimum atomic E-state index is -0.273. The van der Waals surface area contributed by atoms with Crippen LogP contribution in [0.1, 0.15) is 41.6 Å². The number of para-hydroxylation sites is 1. The van der Waals surface area contributed by atoms with E-state index in [1.165, 1.54) is 0 Å². The van der Waals surface area contributed by atoms with Gasteiger partial charge >= 0.3 is 0 Å². The molecule has 0 atom stereocenters. The normalized spacial score (nSPS) is 11.0. The number of hydrogen-bond acceptors (Lipinski definition) is 5. The maximum absolute atomic E-state index is 12.3. The summed E-state index contributed by atoms with van der Waals surface area (Å²) in [5, 5.41) is 7.66. The molecule has 0 bridgehead atoms. The number of rotatable bonds is 5. The van der Waals surface area contributed by atoms with E-state index in [2.05, 4.69) is 15.5 Å². The molecule has 0 unspecified atom stereocenters. The van der Waals surface area contributed by atoms with Crippen LogP contribution in [0.15, 0.2) is 40.9 Å². The largest absolute Gasteiger partial charge is 0.481 e. The molecule has 124 valence electrons. The van der Waals surface area contributed by atoms with Crippen molar-refractivity contribution in [2.24, 2.45) is 0 Å². The van der Waals surface area contributed by atoms with Crippen molar-refractivity contribution >= 4 is 16.8 Å². The molecule has 24 heavy (non-hydrogen) atoms. The predicted molar refractivity (Wildman–Crippen MR) is 90.1 cm³/mol.